The largest absolute Gasteiger partial charge is 0.399 e. The first-order valence-corrected chi connectivity index (χ1v) is 6.08. The predicted octanol–water partition coefficient (Wildman–Crippen LogP) is 4.22. The van der Waals surface area contributed by atoms with Gasteiger partial charge in [0.15, 0.2) is 0 Å². The SMILES string of the molecule is CCN(c1ccccc1F)c1ccc(N)cc1Cl. The number of nitrogen functional groups attached to an aromatic ring is 1. The van der Waals surface area contributed by atoms with Crippen molar-refractivity contribution >= 4 is 28.7 Å². The lowest BCUT2D eigenvalue weighted by Crippen LogP contribution is -2.17. The molecule has 0 atom stereocenters. The Morgan fingerprint density at radius 3 is 2.50 bits per heavy atom. The maximum atomic E-state index is 13.8. The average Bonchev–Trinajstić information content (AvgIpc) is 2.34. The molecule has 0 aromatic heterocycles. The van der Waals surface area contributed by atoms with E-state index in [1.807, 2.05) is 11.8 Å². The fourth-order valence-corrected chi connectivity index (χ4v) is 2.17. The van der Waals surface area contributed by atoms with Gasteiger partial charge in [-0.3, -0.25) is 0 Å². The number of nitrogens with zero attached hydrogens (tertiary/aromatic N) is 1. The van der Waals surface area contributed by atoms with E-state index in [0.29, 0.717) is 22.9 Å². The van der Waals surface area contributed by atoms with Crippen molar-refractivity contribution in [1.29, 1.82) is 0 Å². The van der Waals surface area contributed by atoms with Crippen LogP contribution in [0.15, 0.2) is 42.5 Å². The van der Waals surface area contributed by atoms with Crippen LogP contribution in [0.1, 0.15) is 6.92 Å². The van der Waals surface area contributed by atoms with Crippen molar-refractivity contribution in [2.75, 3.05) is 17.2 Å². The van der Waals surface area contributed by atoms with Gasteiger partial charge in [0.05, 0.1) is 16.4 Å². The molecule has 18 heavy (non-hydrogen) atoms. The second-order valence-corrected chi connectivity index (χ2v) is 4.31. The second-order valence-electron chi connectivity index (χ2n) is 3.91. The summed E-state index contributed by atoms with van der Waals surface area (Å²) in [6.07, 6.45) is 0. The number of para-hydroxylation sites is 1. The summed E-state index contributed by atoms with van der Waals surface area (Å²) in [5.41, 5.74) is 7.51. The van der Waals surface area contributed by atoms with Crippen molar-refractivity contribution < 1.29 is 4.39 Å². The Bertz CT molecular complexity index is 557. The van der Waals surface area contributed by atoms with Crippen LogP contribution in [-0.2, 0) is 0 Å². The molecule has 2 aromatic rings. The van der Waals surface area contributed by atoms with E-state index in [-0.39, 0.29) is 5.82 Å². The molecule has 0 amide bonds. The lowest BCUT2D eigenvalue weighted by atomic mass is 10.2. The van der Waals surface area contributed by atoms with Crippen LogP contribution in [0, 0.1) is 5.82 Å². The van der Waals surface area contributed by atoms with Gasteiger partial charge in [0.2, 0.25) is 0 Å². The smallest absolute Gasteiger partial charge is 0.146 e. The van der Waals surface area contributed by atoms with E-state index in [1.165, 1.54) is 6.07 Å². The van der Waals surface area contributed by atoms with Gasteiger partial charge < -0.3 is 10.6 Å². The van der Waals surface area contributed by atoms with Gasteiger partial charge in [0.1, 0.15) is 5.82 Å². The summed E-state index contributed by atoms with van der Waals surface area (Å²) < 4.78 is 13.8. The van der Waals surface area contributed by atoms with Crippen molar-refractivity contribution in [2.24, 2.45) is 0 Å². The van der Waals surface area contributed by atoms with Crippen molar-refractivity contribution in [3.63, 3.8) is 0 Å². The highest BCUT2D eigenvalue weighted by Gasteiger charge is 2.14. The van der Waals surface area contributed by atoms with Crippen LogP contribution in [0.2, 0.25) is 5.02 Å². The van der Waals surface area contributed by atoms with Gasteiger partial charge in [0.25, 0.3) is 0 Å². The van der Waals surface area contributed by atoms with Gasteiger partial charge in [0, 0.05) is 12.2 Å². The number of anilines is 3. The maximum Gasteiger partial charge on any atom is 0.146 e. The van der Waals surface area contributed by atoms with E-state index >= 15 is 0 Å². The summed E-state index contributed by atoms with van der Waals surface area (Å²) in [6, 6.07) is 11.8. The molecule has 2 N–H and O–H groups in total. The number of nitrogens with two attached hydrogens (primary N) is 1. The second kappa shape index (κ2) is 5.27. The predicted molar refractivity (Wildman–Crippen MR) is 74.9 cm³/mol. The fraction of sp³-hybridized carbons (Fsp3) is 0.143. The Balaban J connectivity index is 2.49. The number of halogens is 2. The minimum atomic E-state index is -0.271. The minimum Gasteiger partial charge on any atom is -0.399 e. The van der Waals surface area contributed by atoms with Gasteiger partial charge in [-0.2, -0.15) is 0 Å². The summed E-state index contributed by atoms with van der Waals surface area (Å²) in [6.45, 7) is 2.56. The fourth-order valence-electron chi connectivity index (χ4n) is 1.88. The quantitative estimate of drug-likeness (QED) is 0.841. The minimum absolute atomic E-state index is 0.271. The highest BCUT2D eigenvalue weighted by Crippen LogP contribution is 2.34. The van der Waals surface area contributed by atoms with Gasteiger partial charge >= 0.3 is 0 Å². The standard InChI is InChI=1S/C14H14ClFN2/c1-2-18(14-6-4-3-5-12(14)16)13-8-7-10(17)9-11(13)15/h3-9H,2,17H2,1H3. The van der Waals surface area contributed by atoms with Crippen molar-refractivity contribution in [2.45, 2.75) is 6.92 Å². The van der Waals surface area contributed by atoms with Crippen LogP contribution in [-0.4, -0.2) is 6.54 Å². The topological polar surface area (TPSA) is 29.3 Å². The number of benzene rings is 2. The summed E-state index contributed by atoms with van der Waals surface area (Å²) in [5, 5.41) is 0.514. The zero-order valence-corrected chi connectivity index (χ0v) is 10.8. The van der Waals surface area contributed by atoms with Crippen LogP contribution in [0.25, 0.3) is 0 Å². The van der Waals surface area contributed by atoms with E-state index in [1.54, 1.807) is 36.4 Å². The summed E-state index contributed by atoms with van der Waals surface area (Å²) in [5.74, 6) is -0.271. The molecule has 0 fully saturated rings. The third-order valence-corrected chi connectivity index (χ3v) is 3.02. The van der Waals surface area contributed by atoms with Crippen LogP contribution >= 0.6 is 11.6 Å². The van der Waals surface area contributed by atoms with Crippen LogP contribution in [0.5, 0.6) is 0 Å². The lowest BCUT2D eigenvalue weighted by Gasteiger charge is -2.24. The third kappa shape index (κ3) is 2.41. The number of hydrogen-bond donors (Lipinski definition) is 1. The van der Waals surface area contributed by atoms with Crippen LogP contribution in [0.4, 0.5) is 21.5 Å². The average molecular weight is 265 g/mol. The van der Waals surface area contributed by atoms with Crippen molar-refractivity contribution in [1.82, 2.24) is 0 Å². The van der Waals surface area contributed by atoms with E-state index in [9.17, 15) is 4.39 Å². The summed E-state index contributed by atoms with van der Waals surface area (Å²) >= 11 is 6.16. The Morgan fingerprint density at radius 1 is 1.17 bits per heavy atom. The summed E-state index contributed by atoms with van der Waals surface area (Å²) in [7, 11) is 0. The molecule has 0 aliphatic heterocycles. The van der Waals surface area contributed by atoms with Crippen molar-refractivity contribution in [3.8, 4) is 0 Å². The molecule has 0 bridgehead atoms. The van der Waals surface area contributed by atoms with E-state index in [4.69, 9.17) is 17.3 Å². The molecule has 2 nitrogen and oxygen atoms in total. The normalized spacial score (nSPS) is 10.4. The molecular formula is C14H14ClFN2. The zero-order valence-electron chi connectivity index (χ0n) is 10.0. The van der Waals surface area contributed by atoms with E-state index in [2.05, 4.69) is 0 Å². The molecule has 0 radical (unpaired) electrons. The van der Waals surface area contributed by atoms with Gasteiger partial charge in [-0.15, -0.1) is 0 Å². The van der Waals surface area contributed by atoms with Crippen LogP contribution < -0.4 is 10.6 Å². The Kier molecular flexibility index (Phi) is 3.72. The highest BCUT2D eigenvalue weighted by molar-refractivity contribution is 6.33. The first kappa shape index (κ1) is 12.7. The first-order valence-electron chi connectivity index (χ1n) is 5.70. The molecule has 4 heteroatoms. The van der Waals surface area contributed by atoms with Crippen LogP contribution in [0.3, 0.4) is 0 Å². The third-order valence-electron chi connectivity index (χ3n) is 2.72. The molecule has 0 unspecified atom stereocenters. The molecule has 94 valence electrons. The Labute approximate surface area is 111 Å². The molecule has 0 spiro atoms. The highest BCUT2D eigenvalue weighted by atomic mass is 35.5. The Hall–Kier alpha value is -1.74. The van der Waals surface area contributed by atoms with E-state index < -0.39 is 0 Å². The molecule has 0 heterocycles. The summed E-state index contributed by atoms with van der Waals surface area (Å²) in [4.78, 5) is 1.82. The molecule has 2 aromatic carbocycles. The lowest BCUT2D eigenvalue weighted by molar-refractivity contribution is 0.625. The maximum absolute atomic E-state index is 13.8. The molecule has 0 aliphatic carbocycles. The van der Waals surface area contributed by atoms with Gasteiger partial charge in [-0.1, -0.05) is 23.7 Å². The van der Waals surface area contributed by atoms with E-state index in [0.717, 1.165) is 5.69 Å². The Morgan fingerprint density at radius 2 is 1.89 bits per heavy atom. The zero-order chi connectivity index (χ0) is 13.1. The van der Waals surface area contributed by atoms with Gasteiger partial charge in [-0.25, -0.2) is 4.39 Å². The number of hydrogen-bond acceptors (Lipinski definition) is 2. The monoisotopic (exact) mass is 264 g/mol. The number of rotatable bonds is 3. The first-order chi connectivity index (χ1) is 8.63. The molecule has 2 rings (SSSR count). The van der Waals surface area contributed by atoms with Gasteiger partial charge in [-0.05, 0) is 37.3 Å². The molecule has 0 saturated heterocycles. The molecule has 0 saturated carbocycles. The molecule has 0 aliphatic rings. The molecular weight excluding hydrogens is 251 g/mol. The van der Waals surface area contributed by atoms with Crippen molar-refractivity contribution in [3.05, 3.63) is 53.3 Å².